The highest BCUT2D eigenvalue weighted by Gasteiger charge is 2.14. The summed E-state index contributed by atoms with van der Waals surface area (Å²) in [5, 5.41) is 10.4. The second kappa shape index (κ2) is 5.46. The maximum Gasteiger partial charge on any atom is 0.127 e. The van der Waals surface area contributed by atoms with Gasteiger partial charge in [-0.05, 0) is 30.7 Å². The lowest BCUT2D eigenvalue weighted by Crippen LogP contribution is -2.05. The Kier molecular flexibility index (Phi) is 3.94. The van der Waals surface area contributed by atoms with E-state index in [0.29, 0.717) is 16.1 Å². The van der Waals surface area contributed by atoms with Gasteiger partial charge in [-0.2, -0.15) is 0 Å². The van der Waals surface area contributed by atoms with Crippen molar-refractivity contribution in [3.05, 3.63) is 64.2 Å². The lowest BCUT2D eigenvalue weighted by Gasteiger charge is -2.12. The molecule has 0 amide bonds. The molecule has 0 aliphatic carbocycles. The van der Waals surface area contributed by atoms with Gasteiger partial charge in [0, 0.05) is 28.9 Å². The SMILES string of the molecule is Cc1ccc(C(O)Cc2c(F)cccc2Cl)cn1. The van der Waals surface area contributed by atoms with E-state index in [-0.39, 0.29) is 6.42 Å². The first-order valence-electron chi connectivity index (χ1n) is 5.61. The van der Waals surface area contributed by atoms with Gasteiger partial charge in [0.05, 0.1) is 6.10 Å². The molecule has 1 aromatic carbocycles. The van der Waals surface area contributed by atoms with E-state index in [1.165, 1.54) is 6.07 Å². The Morgan fingerprint density at radius 1 is 1.33 bits per heavy atom. The van der Waals surface area contributed by atoms with Crippen LogP contribution in [0.5, 0.6) is 0 Å². The number of aliphatic hydroxyl groups is 1. The Hall–Kier alpha value is -1.45. The fourth-order valence-electron chi connectivity index (χ4n) is 1.71. The lowest BCUT2D eigenvalue weighted by molar-refractivity contribution is 0.176. The van der Waals surface area contributed by atoms with Crippen LogP contribution in [0.15, 0.2) is 36.5 Å². The predicted octanol–water partition coefficient (Wildman–Crippen LogP) is 3.46. The Morgan fingerprint density at radius 2 is 2.11 bits per heavy atom. The number of aromatic nitrogens is 1. The molecule has 4 heteroatoms. The number of rotatable bonds is 3. The average molecular weight is 266 g/mol. The van der Waals surface area contributed by atoms with Gasteiger partial charge in [0.25, 0.3) is 0 Å². The summed E-state index contributed by atoms with van der Waals surface area (Å²) in [6.07, 6.45) is 0.915. The summed E-state index contributed by atoms with van der Waals surface area (Å²) in [5.41, 5.74) is 1.85. The van der Waals surface area contributed by atoms with Crippen LogP contribution in [0.25, 0.3) is 0 Å². The largest absolute Gasteiger partial charge is 0.388 e. The molecule has 1 unspecified atom stereocenters. The van der Waals surface area contributed by atoms with Crippen molar-refractivity contribution in [2.45, 2.75) is 19.4 Å². The van der Waals surface area contributed by atoms with Gasteiger partial charge in [-0.25, -0.2) is 4.39 Å². The average Bonchev–Trinajstić information content (AvgIpc) is 2.34. The number of aliphatic hydroxyl groups excluding tert-OH is 1. The fraction of sp³-hybridized carbons (Fsp3) is 0.214. The minimum absolute atomic E-state index is 0.135. The highest BCUT2D eigenvalue weighted by Crippen LogP contribution is 2.25. The van der Waals surface area contributed by atoms with Crippen LogP contribution in [0.1, 0.15) is 22.9 Å². The molecule has 1 heterocycles. The van der Waals surface area contributed by atoms with E-state index in [9.17, 15) is 9.50 Å². The third-order valence-electron chi connectivity index (χ3n) is 2.78. The van der Waals surface area contributed by atoms with Crippen LogP contribution < -0.4 is 0 Å². The molecule has 0 aliphatic rings. The van der Waals surface area contributed by atoms with Crippen molar-refractivity contribution in [1.29, 1.82) is 0 Å². The summed E-state index contributed by atoms with van der Waals surface area (Å²) in [6.45, 7) is 1.86. The van der Waals surface area contributed by atoms with Crippen molar-refractivity contribution in [1.82, 2.24) is 4.98 Å². The van der Waals surface area contributed by atoms with Crippen LogP contribution in [0.4, 0.5) is 4.39 Å². The second-order valence-corrected chi connectivity index (χ2v) is 4.56. The molecule has 0 radical (unpaired) electrons. The first-order valence-corrected chi connectivity index (χ1v) is 5.99. The topological polar surface area (TPSA) is 33.1 Å². The zero-order valence-electron chi connectivity index (χ0n) is 9.90. The normalized spacial score (nSPS) is 12.4. The van der Waals surface area contributed by atoms with Gasteiger partial charge in [0.15, 0.2) is 0 Å². The zero-order chi connectivity index (χ0) is 13.1. The van der Waals surface area contributed by atoms with Gasteiger partial charge < -0.3 is 5.11 Å². The molecular formula is C14H13ClFNO. The quantitative estimate of drug-likeness (QED) is 0.922. The molecule has 2 nitrogen and oxygen atoms in total. The Balaban J connectivity index is 2.21. The predicted molar refractivity (Wildman–Crippen MR) is 69.0 cm³/mol. The molecule has 0 aliphatic heterocycles. The second-order valence-electron chi connectivity index (χ2n) is 4.15. The molecule has 1 aromatic heterocycles. The standard InChI is InChI=1S/C14H13ClFNO/c1-9-5-6-10(8-17-9)14(18)7-11-12(15)3-2-4-13(11)16/h2-6,8,14,18H,7H2,1H3. The van der Waals surface area contributed by atoms with Crippen LogP contribution in [0.2, 0.25) is 5.02 Å². The molecule has 1 N–H and O–H groups in total. The number of hydrogen-bond acceptors (Lipinski definition) is 2. The van der Waals surface area contributed by atoms with Crippen molar-refractivity contribution >= 4 is 11.6 Å². The number of benzene rings is 1. The van der Waals surface area contributed by atoms with Gasteiger partial charge in [-0.1, -0.05) is 23.7 Å². The summed E-state index contributed by atoms with van der Waals surface area (Å²) >= 11 is 5.92. The number of aryl methyl sites for hydroxylation is 1. The van der Waals surface area contributed by atoms with Gasteiger partial charge in [-0.3, -0.25) is 4.98 Å². The Bertz CT molecular complexity index is 522. The highest BCUT2D eigenvalue weighted by molar-refractivity contribution is 6.31. The van der Waals surface area contributed by atoms with Crippen LogP contribution in [0.3, 0.4) is 0 Å². The first kappa shape index (κ1) is 13.0. The van der Waals surface area contributed by atoms with Crippen molar-refractivity contribution in [3.8, 4) is 0 Å². The summed E-state index contributed by atoms with van der Waals surface area (Å²) < 4.78 is 13.6. The van der Waals surface area contributed by atoms with Crippen molar-refractivity contribution in [2.24, 2.45) is 0 Å². The van der Waals surface area contributed by atoms with Gasteiger partial charge in [-0.15, -0.1) is 0 Å². The zero-order valence-corrected chi connectivity index (χ0v) is 10.7. The molecule has 1 atom stereocenters. The monoisotopic (exact) mass is 265 g/mol. The third-order valence-corrected chi connectivity index (χ3v) is 3.13. The molecule has 0 fully saturated rings. The van der Waals surface area contributed by atoms with E-state index < -0.39 is 11.9 Å². The fourth-order valence-corrected chi connectivity index (χ4v) is 1.96. The minimum atomic E-state index is -0.812. The molecule has 0 saturated carbocycles. The van der Waals surface area contributed by atoms with E-state index in [0.717, 1.165) is 5.69 Å². The number of halogens is 2. The molecule has 0 spiro atoms. The Labute approximate surface area is 110 Å². The lowest BCUT2D eigenvalue weighted by atomic mass is 10.0. The van der Waals surface area contributed by atoms with Gasteiger partial charge in [0.2, 0.25) is 0 Å². The van der Waals surface area contributed by atoms with Crippen LogP contribution in [-0.4, -0.2) is 10.1 Å². The van der Waals surface area contributed by atoms with Crippen molar-refractivity contribution < 1.29 is 9.50 Å². The van der Waals surface area contributed by atoms with Crippen LogP contribution in [-0.2, 0) is 6.42 Å². The van der Waals surface area contributed by atoms with E-state index in [4.69, 9.17) is 11.6 Å². The third kappa shape index (κ3) is 2.86. The summed E-state index contributed by atoms with van der Waals surface area (Å²) in [4.78, 5) is 4.10. The molecule has 94 valence electrons. The minimum Gasteiger partial charge on any atom is -0.388 e. The first-order chi connectivity index (χ1) is 8.58. The number of pyridine rings is 1. The summed E-state index contributed by atoms with van der Waals surface area (Å²) in [7, 11) is 0. The van der Waals surface area contributed by atoms with Gasteiger partial charge >= 0.3 is 0 Å². The molecule has 2 rings (SSSR count). The molecule has 2 aromatic rings. The van der Waals surface area contributed by atoms with E-state index in [1.807, 2.05) is 13.0 Å². The highest BCUT2D eigenvalue weighted by atomic mass is 35.5. The molecule has 0 saturated heterocycles. The van der Waals surface area contributed by atoms with E-state index in [1.54, 1.807) is 24.4 Å². The summed E-state index contributed by atoms with van der Waals surface area (Å²) in [6, 6.07) is 8.08. The van der Waals surface area contributed by atoms with Crippen molar-refractivity contribution in [3.63, 3.8) is 0 Å². The number of nitrogens with zero attached hydrogens (tertiary/aromatic N) is 1. The Morgan fingerprint density at radius 3 is 2.72 bits per heavy atom. The smallest absolute Gasteiger partial charge is 0.127 e. The maximum absolute atomic E-state index is 13.6. The maximum atomic E-state index is 13.6. The molecule has 18 heavy (non-hydrogen) atoms. The summed E-state index contributed by atoms with van der Waals surface area (Å²) in [5.74, 6) is -0.401. The van der Waals surface area contributed by atoms with E-state index >= 15 is 0 Å². The number of hydrogen-bond donors (Lipinski definition) is 1. The van der Waals surface area contributed by atoms with Crippen LogP contribution >= 0.6 is 11.6 Å². The molecule has 0 bridgehead atoms. The van der Waals surface area contributed by atoms with E-state index in [2.05, 4.69) is 4.98 Å². The molecular weight excluding hydrogens is 253 g/mol. The van der Waals surface area contributed by atoms with Gasteiger partial charge in [0.1, 0.15) is 5.82 Å². The van der Waals surface area contributed by atoms with Crippen molar-refractivity contribution in [2.75, 3.05) is 0 Å². The van der Waals surface area contributed by atoms with Crippen LogP contribution in [0, 0.1) is 12.7 Å².